The Morgan fingerprint density at radius 3 is 0.946 bits per heavy atom. The van der Waals surface area contributed by atoms with E-state index in [2.05, 4.69) is 35.6 Å². The first-order valence-corrected chi connectivity index (χ1v) is 61.2. The molecule has 3 saturated heterocycles. The van der Waals surface area contributed by atoms with E-state index in [0.29, 0.717) is 25.6 Å². The van der Waals surface area contributed by atoms with Crippen LogP contribution in [0.3, 0.4) is 0 Å². The van der Waals surface area contributed by atoms with Gasteiger partial charge < -0.3 is 88.8 Å². The minimum atomic E-state index is -3.50. The average Bonchev–Trinajstić information content (AvgIpc) is 1.64. The molecule has 3 aliphatic heterocycles. The summed E-state index contributed by atoms with van der Waals surface area (Å²) >= 11 is 0. The molecule has 0 spiro atoms. The number of carbonyl (C=O) groups excluding carboxylic acids is 5. The largest absolute Gasteiger partial charge is 0.462 e. The summed E-state index contributed by atoms with van der Waals surface area (Å²) in [7, 11) is -17.4. The number of rotatable bonds is 44. The molecule has 44 heteroatoms. The van der Waals surface area contributed by atoms with E-state index in [9.17, 15) is 66.1 Å². The zero-order valence-corrected chi connectivity index (χ0v) is 103. The molecule has 39 nitrogen and oxygen atoms in total. The second kappa shape index (κ2) is 58.8. The molecule has 14 atom stereocenters. The Kier molecular flexibility index (Phi) is 55.9. The van der Waals surface area contributed by atoms with E-state index in [1.807, 2.05) is 252 Å². The van der Waals surface area contributed by atoms with Gasteiger partial charge in [-0.3, -0.25) is 14.4 Å². The summed E-state index contributed by atoms with van der Waals surface area (Å²) in [6.45, 7) is 76.6. The van der Waals surface area contributed by atoms with Crippen molar-refractivity contribution in [1.29, 1.82) is 0 Å². The first-order valence-electron chi connectivity index (χ1n) is 52.0. The van der Waals surface area contributed by atoms with Crippen molar-refractivity contribution in [2.75, 3.05) is 130 Å². The highest BCUT2D eigenvalue weighted by atomic mass is 32.2. The van der Waals surface area contributed by atoms with Gasteiger partial charge in [0.2, 0.25) is 50.1 Å². The second-order valence-electron chi connectivity index (χ2n) is 50.9. The fraction of sp³-hybridized carbons (Fsp3) is 0.867. The number of carbonyl (C=O) groups is 5. The molecule has 1 aromatic heterocycles. The molecule has 0 bridgehead atoms. The molecule has 1 amide bonds. The smallest absolute Gasteiger partial charge is 0.409 e. The quantitative estimate of drug-likeness (QED) is 0.0353. The predicted octanol–water partition coefficient (Wildman–Crippen LogP) is 13.0. The van der Waals surface area contributed by atoms with Gasteiger partial charge in [-0.1, -0.05) is 141 Å². The number of sulfonamides is 5. The van der Waals surface area contributed by atoms with E-state index in [-0.39, 0.29) is 142 Å². The highest BCUT2D eigenvalue weighted by molar-refractivity contribution is 7.89. The van der Waals surface area contributed by atoms with Crippen LogP contribution in [0.25, 0.3) is 0 Å². The Morgan fingerprint density at radius 2 is 0.691 bits per heavy atom. The number of nitrogens with two attached hydrogens (primary N) is 3. The summed E-state index contributed by atoms with van der Waals surface area (Å²) in [5.74, 6) is -3.04. The zero-order valence-electron chi connectivity index (χ0n) is 99.1. The Morgan fingerprint density at radius 1 is 0.409 bits per heavy atom. The van der Waals surface area contributed by atoms with Crippen LogP contribution in [0.2, 0.25) is 0 Å². The molecule has 2 aromatic rings. The summed E-state index contributed by atoms with van der Waals surface area (Å²) in [5.41, 5.74) is 15.2. The number of piperidine rings is 2. The Balaban J connectivity index is 0.000000935. The van der Waals surface area contributed by atoms with Crippen molar-refractivity contribution in [3.63, 3.8) is 0 Å². The van der Waals surface area contributed by atoms with Gasteiger partial charge >= 0.3 is 30.0 Å². The van der Waals surface area contributed by atoms with E-state index in [4.69, 9.17) is 74.0 Å². The van der Waals surface area contributed by atoms with Crippen LogP contribution < -0.4 is 17.2 Å². The molecule has 0 saturated carbocycles. The Bertz CT molecular complexity index is 4920. The average molecular weight is 2230 g/mol. The number of aromatic nitrogens is 2. The second-order valence-corrected chi connectivity index (χ2v) is 60.4. The van der Waals surface area contributed by atoms with Crippen molar-refractivity contribution in [2.45, 2.75) is 433 Å². The third-order valence-electron chi connectivity index (χ3n) is 25.9. The van der Waals surface area contributed by atoms with Gasteiger partial charge in [0.15, 0.2) is 11.9 Å². The summed E-state index contributed by atoms with van der Waals surface area (Å²) < 4.78 is 199. The van der Waals surface area contributed by atoms with Gasteiger partial charge in [-0.2, -0.15) is 21.5 Å². The van der Waals surface area contributed by atoms with Crippen LogP contribution in [0.4, 0.5) is 4.79 Å². The fourth-order valence-electron chi connectivity index (χ4n) is 15.2. The molecule has 7 N–H and O–H groups in total. The van der Waals surface area contributed by atoms with Crippen LogP contribution in [0.15, 0.2) is 42.9 Å². The molecule has 4 heterocycles. The minimum Gasteiger partial charge on any atom is -0.462 e. The SMILES string of the molecule is C[C@H](O[C@H](COC(=O)N1CCC(N2CCCCC2)CC1)CN(C(C)(C)C)S(C)(=O)=O)C(C)(C)C.C[C@H](O[C@H](COC(=O)[C@@H](C)N)CN(C(C)(C)C)S(C)(=O)=O)C(C)(C)C.C[C@H](O[C@H](COC(=O)[C@@H](N)Cc1ccccc1)CN(C(C)(C)C)S(C)(=O)=O)C(C)(C)C.C[C@H](O[C@H](COC(=O)[C@@H](N)Cc1cnc[nH]1)CN(C(C)(C)C)S(C)(=O)=O)C(C)(C)C.C[C@H](O[C@H](COC(=O)[C@H]1COC(C)(C)O1)CN(C(C)(C)C)S(C)(=O)=O)C(C)(C)C. The van der Waals surface area contributed by atoms with Crippen molar-refractivity contribution in [3.8, 4) is 0 Å². The van der Waals surface area contributed by atoms with Crippen LogP contribution >= 0.6 is 0 Å². The molecular weight excluding hydrogens is 2020 g/mol. The molecule has 0 aliphatic carbocycles. The summed E-state index contributed by atoms with van der Waals surface area (Å²) in [4.78, 5) is 72.9. The maximum Gasteiger partial charge on any atom is 0.409 e. The van der Waals surface area contributed by atoms with E-state index in [1.54, 1.807) is 24.9 Å². The van der Waals surface area contributed by atoms with Crippen LogP contribution in [-0.4, -0.2) is 368 Å². The molecular formula is C105H202N12O27S5. The standard InChI is InChI=1S/C25H49N3O5S.C23H40N2O5S.C20H38N4O5S.C20H39NO7S.C17H36N2O5S/c1-20(24(2,3)4)33-22(18-28(25(5,6)7)34(8,30)31)19-32-23(29)27-16-12-21(13-17-27)26-14-10-9-11-15-26;1-17(22(2,3)4)30-19(15-25(23(5,6)7)31(8,27)28)16-29-21(26)20(24)14-18-12-10-9-11-13-18;1-14(19(2,3)4)29-16(11-24(20(5,6)7)30(8,26)27)12-28-18(25)17(21)9-15-10-22-13-23-15;1-14(18(2,3)4)27-15(11-21(19(5,6)7)29(10,23)24)12-25-17(22)16-13-26-20(8,9)28-16;1-12(18)15(20)23-11-14(24-13(2)16(3,4)5)10-19(17(6,7)8)25(9,21)22/h20-22H,9-19H2,1-8H3;9-13,17,19-20H,14-16,24H2,1-8H3;10,13-14,16-17H,9,11-12,21H2,1-8H3,(H,22,23);14-16H,11-13H2,1-10H3;12-14H,10-11,18H2,1-9H3/t20-,22-;17-,19-,20-;14-,16-,17-;14-,15-,16+;12-,13+,14+/m00001/s1. The van der Waals surface area contributed by atoms with Crippen LogP contribution in [0, 0.1) is 27.1 Å². The van der Waals surface area contributed by atoms with Gasteiger partial charge in [-0.05, 0) is 237 Å². The predicted molar refractivity (Wildman–Crippen MR) is 588 cm³/mol. The van der Waals surface area contributed by atoms with Gasteiger partial charge in [-0.25, -0.2) is 56.7 Å². The highest BCUT2D eigenvalue weighted by Crippen LogP contribution is 2.34. The first kappa shape index (κ1) is 142. The molecule has 0 unspecified atom stereocenters. The number of aromatic amines is 1. The molecule has 3 aliphatic rings. The van der Waals surface area contributed by atoms with Gasteiger partial charge in [0.1, 0.15) is 81.7 Å². The van der Waals surface area contributed by atoms with E-state index < -0.39 is 162 Å². The molecule has 149 heavy (non-hydrogen) atoms. The molecule has 1 aromatic carbocycles. The van der Waals surface area contributed by atoms with Crippen molar-refractivity contribution in [3.05, 3.63) is 54.1 Å². The number of imidazole rings is 1. The third-order valence-corrected chi connectivity index (χ3v) is 33.4. The molecule has 3 fully saturated rings. The normalized spacial score (nSPS) is 18.8. The van der Waals surface area contributed by atoms with Crippen molar-refractivity contribution in [1.82, 2.24) is 41.3 Å². The van der Waals surface area contributed by atoms with Gasteiger partial charge in [0, 0.05) is 97.9 Å². The van der Waals surface area contributed by atoms with E-state index in [0.717, 1.165) is 36.6 Å². The van der Waals surface area contributed by atoms with Crippen LogP contribution in [-0.2, 0) is 139 Å². The van der Waals surface area contributed by atoms with Crippen molar-refractivity contribution in [2.24, 2.45) is 44.3 Å². The number of H-pyrrole nitrogens is 1. The van der Waals surface area contributed by atoms with Crippen molar-refractivity contribution >= 4 is 80.1 Å². The van der Waals surface area contributed by atoms with E-state index in [1.165, 1.54) is 85.9 Å². The first-order chi connectivity index (χ1) is 66.9. The number of benzene rings is 1. The van der Waals surface area contributed by atoms with Crippen molar-refractivity contribution < 1.29 is 123 Å². The van der Waals surface area contributed by atoms with Gasteiger partial charge in [0.25, 0.3) is 0 Å². The number of hydrogen-bond acceptors (Lipinski definition) is 32. The zero-order chi connectivity index (χ0) is 116. The molecule has 5 rings (SSSR count). The number of ether oxygens (including phenoxy) is 12. The Labute approximate surface area is 899 Å². The monoisotopic (exact) mass is 2220 g/mol. The highest BCUT2D eigenvalue weighted by Gasteiger charge is 2.45. The lowest BCUT2D eigenvalue weighted by Crippen LogP contribution is -2.51. The topological polar surface area (TPSA) is 496 Å². The Hall–Kier alpha value is -5.31. The number of esters is 4. The number of likely N-dealkylation sites (tertiary alicyclic amines) is 2. The third kappa shape index (κ3) is 55.4. The molecule has 874 valence electrons. The number of nitrogens with zero attached hydrogens (tertiary/aromatic N) is 8. The van der Waals surface area contributed by atoms with Crippen LogP contribution in [0.1, 0.15) is 306 Å². The summed E-state index contributed by atoms with van der Waals surface area (Å²) in [6.07, 6.45) is 10.4. The number of hydrogen-bond donors (Lipinski definition) is 4. The summed E-state index contributed by atoms with van der Waals surface area (Å²) in [5, 5.41) is 0. The maximum absolute atomic E-state index is 12.9. The lowest BCUT2D eigenvalue weighted by atomic mass is 9.90. The van der Waals surface area contributed by atoms with Gasteiger partial charge in [-0.15, -0.1) is 0 Å². The molecule has 0 radical (unpaired) electrons. The number of nitrogens with one attached hydrogen (secondary N) is 1. The lowest BCUT2D eigenvalue weighted by molar-refractivity contribution is -0.175. The number of amides is 1. The van der Waals surface area contributed by atoms with E-state index >= 15 is 0 Å². The lowest BCUT2D eigenvalue weighted by Gasteiger charge is -2.40. The fourth-order valence-corrected chi connectivity index (χ4v) is 22.3. The summed E-state index contributed by atoms with van der Waals surface area (Å²) in [6, 6.07) is 7.62. The van der Waals surface area contributed by atoms with Crippen LogP contribution in [0.5, 0.6) is 0 Å². The minimum absolute atomic E-state index is 0.0212. The van der Waals surface area contributed by atoms with Gasteiger partial charge in [0.05, 0.1) is 74.7 Å². The maximum atomic E-state index is 12.9.